The molecule has 1 aliphatic carbocycles. The molecular formula is C28H27ClN2O2. The molecule has 2 atom stereocenters. The van der Waals surface area contributed by atoms with Gasteiger partial charge in [0.1, 0.15) is 5.75 Å². The van der Waals surface area contributed by atoms with Crippen LogP contribution in [0.2, 0.25) is 5.02 Å². The topological polar surface area (TPSA) is 50.4 Å². The number of ketones is 1. The van der Waals surface area contributed by atoms with Gasteiger partial charge in [-0.2, -0.15) is 0 Å². The van der Waals surface area contributed by atoms with Crippen molar-refractivity contribution in [2.75, 3.05) is 17.2 Å². The molecule has 5 rings (SSSR count). The van der Waals surface area contributed by atoms with Crippen LogP contribution in [0.5, 0.6) is 5.75 Å². The van der Waals surface area contributed by atoms with Gasteiger partial charge in [-0.25, -0.2) is 0 Å². The molecule has 0 aromatic heterocycles. The first-order valence-corrected chi connectivity index (χ1v) is 11.9. The Hall–Kier alpha value is -3.24. The van der Waals surface area contributed by atoms with Crippen molar-refractivity contribution >= 4 is 28.8 Å². The lowest BCUT2D eigenvalue weighted by Gasteiger charge is -2.30. The maximum atomic E-state index is 13.7. The van der Waals surface area contributed by atoms with Crippen LogP contribution in [0.15, 0.2) is 84.1 Å². The van der Waals surface area contributed by atoms with E-state index >= 15 is 0 Å². The zero-order valence-corrected chi connectivity index (χ0v) is 19.4. The van der Waals surface area contributed by atoms with Crippen molar-refractivity contribution in [3.05, 3.63) is 100 Å². The molecule has 1 heterocycles. The Kier molecular flexibility index (Phi) is 6.10. The average Bonchev–Trinajstić information content (AvgIpc) is 3.00. The number of hydrogen-bond donors (Lipinski definition) is 2. The highest BCUT2D eigenvalue weighted by Gasteiger charge is 2.37. The van der Waals surface area contributed by atoms with Gasteiger partial charge in [0.15, 0.2) is 5.78 Å². The summed E-state index contributed by atoms with van der Waals surface area (Å²) < 4.78 is 6.08. The Morgan fingerprint density at radius 3 is 2.45 bits per heavy atom. The Morgan fingerprint density at radius 1 is 0.939 bits per heavy atom. The van der Waals surface area contributed by atoms with Crippen LogP contribution in [0.1, 0.15) is 49.3 Å². The van der Waals surface area contributed by atoms with E-state index in [0.29, 0.717) is 18.1 Å². The van der Waals surface area contributed by atoms with Gasteiger partial charge in [-0.05, 0) is 54.7 Å². The average molecular weight is 459 g/mol. The largest absolute Gasteiger partial charge is 0.493 e. The van der Waals surface area contributed by atoms with Crippen molar-refractivity contribution in [3.63, 3.8) is 0 Å². The van der Waals surface area contributed by atoms with E-state index in [2.05, 4.69) is 23.6 Å². The maximum absolute atomic E-state index is 13.7. The summed E-state index contributed by atoms with van der Waals surface area (Å²) in [5.41, 5.74) is 5.83. The number of benzene rings is 3. The van der Waals surface area contributed by atoms with Crippen molar-refractivity contribution in [1.82, 2.24) is 0 Å². The molecule has 3 aromatic rings. The third-order valence-electron chi connectivity index (χ3n) is 6.34. The molecule has 33 heavy (non-hydrogen) atoms. The smallest absolute Gasteiger partial charge is 0.163 e. The molecule has 1 aliphatic heterocycles. The van der Waals surface area contributed by atoms with E-state index in [-0.39, 0.29) is 17.7 Å². The van der Waals surface area contributed by atoms with Gasteiger partial charge in [-0.15, -0.1) is 0 Å². The zero-order chi connectivity index (χ0) is 22.8. The van der Waals surface area contributed by atoms with Crippen molar-refractivity contribution in [2.24, 2.45) is 0 Å². The van der Waals surface area contributed by atoms with E-state index in [4.69, 9.17) is 16.3 Å². The molecule has 0 fully saturated rings. The van der Waals surface area contributed by atoms with Gasteiger partial charge < -0.3 is 15.4 Å². The lowest BCUT2D eigenvalue weighted by molar-refractivity contribution is -0.116. The van der Waals surface area contributed by atoms with E-state index in [1.807, 2.05) is 66.7 Å². The first-order valence-electron chi connectivity index (χ1n) is 11.5. The van der Waals surface area contributed by atoms with Crippen LogP contribution in [-0.4, -0.2) is 12.4 Å². The fraction of sp³-hybridized carbons (Fsp3) is 0.250. The molecule has 168 valence electrons. The molecule has 4 nitrogen and oxygen atoms in total. The Morgan fingerprint density at radius 2 is 1.67 bits per heavy atom. The van der Waals surface area contributed by atoms with Crippen LogP contribution < -0.4 is 15.4 Å². The molecule has 0 saturated carbocycles. The van der Waals surface area contributed by atoms with Gasteiger partial charge in [0.2, 0.25) is 0 Å². The molecule has 2 aliphatic rings. The fourth-order valence-corrected chi connectivity index (χ4v) is 4.88. The molecule has 0 radical (unpaired) electrons. The van der Waals surface area contributed by atoms with E-state index < -0.39 is 0 Å². The number of allylic oxidation sites excluding steroid dienone is 1. The van der Waals surface area contributed by atoms with Crippen molar-refractivity contribution in [2.45, 2.75) is 38.1 Å². The molecule has 0 bridgehead atoms. The molecule has 0 saturated heterocycles. The summed E-state index contributed by atoms with van der Waals surface area (Å²) in [6.07, 6.45) is 2.15. The second kappa shape index (κ2) is 9.32. The minimum atomic E-state index is -0.289. The predicted octanol–water partition coefficient (Wildman–Crippen LogP) is 7.11. The number of hydrogen-bond acceptors (Lipinski definition) is 4. The second-order valence-corrected chi connectivity index (χ2v) is 9.04. The molecule has 5 heteroatoms. The van der Waals surface area contributed by atoms with Gasteiger partial charge in [0.25, 0.3) is 0 Å². The number of carbonyl (C=O) groups excluding carboxylic acids is 1. The first kappa shape index (κ1) is 21.6. The van der Waals surface area contributed by atoms with E-state index in [1.54, 1.807) is 0 Å². The minimum Gasteiger partial charge on any atom is -0.493 e. The van der Waals surface area contributed by atoms with Gasteiger partial charge in [0.05, 0.1) is 24.0 Å². The summed E-state index contributed by atoms with van der Waals surface area (Å²) in [5, 5.41) is 7.94. The number of para-hydroxylation sites is 3. The summed E-state index contributed by atoms with van der Waals surface area (Å²) in [5.74, 6) is 1.08. The fourth-order valence-electron chi connectivity index (χ4n) is 4.76. The summed E-state index contributed by atoms with van der Waals surface area (Å²) in [7, 11) is 0. The molecule has 0 amide bonds. The molecule has 2 N–H and O–H groups in total. The highest BCUT2D eigenvalue weighted by atomic mass is 35.5. The minimum absolute atomic E-state index is 0.110. The SMILES string of the molecule is CCCOc1ccccc1C1Nc2ccccc2NC2=C1C(=O)CC(c1ccc(Cl)cc1)C2. The highest BCUT2D eigenvalue weighted by molar-refractivity contribution is 6.30. The van der Waals surface area contributed by atoms with Gasteiger partial charge in [-0.1, -0.05) is 61.0 Å². The zero-order valence-electron chi connectivity index (χ0n) is 18.6. The standard InChI is InChI=1S/C28H27ClN2O2/c1-2-15-33-26-10-6-3-7-21(26)28-27-24(30-22-8-4-5-9-23(22)31-28)16-19(17-25(27)32)18-11-13-20(29)14-12-18/h3-14,19,28,30-31H,2,15-17H2,1H3. The molecular weight excluding hydrogens is 432 g/mol. The first-order chi connectivity index (χ1) is 16.1. The van der Waals surface area contributed by atoms with Crippen molar-refractivity contribution < 1.29 is 9.53 Å². The molecule has 0 spiro atoms. The predicted molar refractivity (Wildman–Crippen MR) is 134 cm³/mol. The normalized spacial score (nSPS) is 19.6. The monoisotopic (exact) mass is 458 g/mol. The Bertz CT molecular complexity index is 1200. The molecule has 2 unspecified atom stereocenters. The number of rotatable bonds is 5. The number of carbonyl (C=O) groups is 1. The number of ether oxygens (including phenoxy) is 1. The number of nitrogens with one attached hydrogen (secondary N) is 2. The van der Waals surface area contributed by atoms with Gasteiger partial charge in [-0.3, -0.25) is 4.79 Å². The van der Waals surface area contributed by atoms with Crippen LogP contribution in [0.25, 0.3) is 0 Å². The van der Waals surface area contributed by atoms with Crippen LogP contribution in [0.3, 0.4) is 0 Å². The van der Waals surface area contributed by atoms with Gasteiger partial charge in [0, 0.05) is 28.3 Å². The summed E-state index contributed by atoms with van der Waals surface area (Å²) in [6.45, 7) is 2.73. The quantitative estimate of drug-likeness (QED) is 0.427. The van der Waals surface area contributed by atoms with Crippen LogP contribution in [0, 0.1) is 0 Å². The van der Waals surface area contributed by atoms with Crippen molar-refractivity contribution in [1.29, 1.82) is 0 Å². The summed E-state index contributed by atoms with van der Waals surface area (Å²) in [4.78, 5) is 13.7. The third kappa shape index (κ3) is 4.36. The lowest BCUT2D eigenvalue weighted by Crippen LogP contribution is -2.27. The molecule has 3 aromatic carbocycles. The van der Waals surface area contributed by atoms with E-state index in [1.165, 1.54) is 0 Å². The summed E-state index contributed by atoms with van der Waals surface area (Å²) >= 11 is 6.10. The van der Waals surface area contributed by atoms with Gasteiger partial charge >= 0.3 is 0 Å². The van der Waals surface area contributed by atoms with Crippen molar-refractivity contribution in [3.8, 4) is 5.75 Å². The number of anilines is 2. The van der Waals surface area contributed by atoms with Crippen LogP contribution in [-0.2, 0) is 4.79 Å². The van der Waals surface area contributed by atoms with E-state index in [9.17, 15) is 4.79 Å². The Labute approximate surface area is 199 Å². The second-order valence-electron chi connectivity index (χ2n) is 8.61. The number of Topliss-reactive ketones (excluding diaryl/α,β-unsaturated/α-hetero) is 1. The van der Waals surface area contributed by atoms with E-state index in [0.717, 1.165) is 52.4 Å². The Balaban J connectivity index is 1.60. The maximum Gasteiger partial charge on any atom is 0.163 e. The third-order valence-corrected chi connectivity index (χ3v) is 6.59. The highest BCUT2D eigenvalue weighted by Crippen LogP contribution is 2.45. The number of halogens is 1. The lowest BCUT2D eigenvalue weighted by atomic mass is 9.78. The number of fused-ring (bicyclic) bond motifs is 1. The van der Waals surface area contributed by atoms with Crippen LogP contribution >= 0.6 is 11.6 Å². The summed E-state index contributed by atoms with van der Waals surface area (Å²) in [6, 6.07) is 23.7. The van der Waals surface area contributed by atoms with Crippen LogP contribution in [0.4, 0.5) is 11.4 Å².